The Kier molecular flexibility index (Phi) is 5.60. The molecule has 1 aromatic rings. The number of carbonyl (C=O) groups is 2. The summed E-state index contributed by atoms with van der Waals surface area (Å²) in [6.45, 7) is 7.20. The molecule has 0 bridgehead atoms. The number of hydrogen-bond donors (Lipinski definition) is 3. The second-order valence-electron chi connectivity index (χ2n) is 4.16. The van der Waals surface area contributed by atoms with Crippen LogP contribution in [0.25, 0.3) is 0 Å². The first-order valence-electron chi connectivity index (χ1n) is 6.05. The third-order valence-corrected chi connectivity index (χ3v) is 2.38. The first kappa shape index (κ1) is 14.8. The zero-order valence-electron chi connectivity index (χ0n) is 11.2. The van der Waals surface area contributed by atoms with E-state index < -0.39 is 0 Å². The van der Waals surface area contributed by atoms with Gasteiger partial charge in [-0.1, -0.05) is 12.1 Å². The van der Waals surface area contributed by atoms with Crippen molar-refractivity contribution in [2.75, 3.05) is 17.2 Å². The Morgan fingerprint density at radius 1 is 1.37 bits per heavy atom. The van der Waals surface area contributed by atoms with Crippen molar-refractivity contribution in [2.45, 2.75) is 19.9 Å². The van der Waals surface area contributed by atoms with E-state index >= 15 is 0 Å². The Labute approximate surface area is 113 Å². The van der Waals surface area contributed by atoms with Gasteiger partial charge < -0.3 is 16.0 Å². The molecule has 0 radical (unpaired) electrons. The number of benzene rings is 1. The van der Waals surface area contributed by atoms with Crippen molar-refractivity contribution in [1.82, 2.24) is 5.32 Å². The van der Waals surface area contributed by atoms with Crippen molar-refractivity contribution in [3.8, 4) is 0 Å². The van der Waals surface area contributed by atoms with Crippen molar-refractivity contribution < 1.29 is 9.59 Å². The molecule has 5 nitrogen and oxygen atoms in total. The lowest BCUT2D eigenvalue weighted by Gasteiger charge is -2.15. The van der Waals surface area contributed by atoms with Gasteiger partial charge in [0.2, 0.25) is 11.8 Å². The largest absolute Gasteiger partial charge is 0.374 e. The van der Waals surface area contributed by atoms with Gasteiger partial charge in [0, 0.05) is 24.8 Å². The molecule has 0 heterocycles. The molecule has 1 aromatic carbocycles. The quantitative estimate of drug-likeness (QED) is 0.683. The minimum absolute atomic E-state index is 0.107. The van der Waals surface area contributed by atoms with Gasteiger partial charge in [-0.3, -0.25) is 9.59 Å². The normalized spacial score (nSPS) is 11.3. The highest BCUT2D eigenvalue weighted by molar-refractivity contribution is 5.89. The molecule has 0 saturated carbocycles. The van der Waals surface area contributed by atoms with Gasteiger partial charge in [0.05, 0.1) is 0 Å². The smallest absolute Gasteiger partial charge is 0.242 e. The third kappa shape index (κ3) is 5.25. The van der Waals surface area contributed by atoms with Crippen LogP contribution < -0.4 is 16.0 Å². The minimum Gasteiger partial charge on any atom is -0.374 e. The van der Waals surface area contributed by atoms with Gasteiger partial charge in [0.1, 0.15) is 6.04 Å². The van der Waals surface area contributed by atoms with Crippen molar-refractivity contribution in [3.05, 3.63) is 36.9 Å². The van der Waals surface area contributed by atoms with E-state index in [0.717, 1.165) is 5.69 Å². The molecular formula is C14H19N3O2. The Morgan fingerprint density at radius 3 is 2.68 bits per heavy atom. The topological polar surface area (TPSA) is 70.2 Å². The van der Waals surface area contributed by atoms with Crippen LogP contribution in [-0.4, -0.2) is 24.4 Å². The molecule has 1 unspecified atom stereocenters. The number of hydrogen-bond acceptors (Lipinski definition) is 3. The van der Waals surface area contributed by atoms with Crippen LogP contribution in [0.15, 0.2) is 36.9 Å². The first-order chi connectivity index (χ1) is 9.02. The lowest BCUT2D eigenvalue weighted by Crippen LogP contribution is -2.37. The maximum absolute atomic E-state index is 11.7. The van der Waals surface area contributed by atoms with E-state index in [1.54, 1.807) is 25.1 Å². The molecule has 2 amide bonds. The Hall–Kier alpha value is -2.30. The van der Waals surface area contributed by atoms with Crippen LogP contribution >= 0.6 is 0 Å². The monoisotopic (exact) mass is 261 g/mol. The molecule has 0 aromatic heterocycles. The predicted octanol–water partition coefficient (Wildman–Crippen LogP) is 1.75. The summed E-state index contributed by atoms with van der Waals surface area (Å²) >= 11 is 0. The van der Waals surface area contributed by atoms with Crippen LogP contribution in [0.3, 0.4) is 0 Å². The molecule has 102 valence electrons. The molecular weight excluding hydrogens is 242 g/mol. The van der Waals surface area contributed by atoms with Crippen LogP contribution in [0, 0.1) is 0 Å². The van der Waals surface area contributed by atoms with Crippen molar-refractivity contribution >= 4 is 23.2 Å². The first-order valence-corrected chi connectivity index (χ1v) is 6.05. The van der Waals surface area contributed by atoms with Gasteiger partial charge in [0.15, 0.2) is 0 Å². The standard InChI is InChI=1S/C14H19N3O2/c1-4-8-15-14(19)10(2)16-12-6-5-7-13(9-12)17-11(3)18/h4-7,9-10,16H,1,8H2,2-3H3,(H,15,19)(H,17,18). The molecule has 5 heteroatoms. The fraction of sp³-hybridized carbons (Fsp3) is 0.286. The maximum atomic E-state index is 11.7. The molecule has 1 atom stereocenters. The summed E-state index contributed by atoms with van der Waals surface area (Å²) in [6, 6.07) is 6.84. The molecule has 0 aliphatic heterocycles. The van der Waals surface area contributed by atoms with E-state index in [-0.39, 0.29) is 17.9 Å². The van der Waals surface area contributed by atoms with Crippen LogP contribution in [0.4, 0.5) is 11.4 Å². The SMILES string of the molecule is C=CCNC(=O)C(C)Nc1cccc(NC(C)=O)c1. The lowest BCUT2D eigenvalue weighted by atomic mass is 10.2. The summed E-state index contributed by atoms with van der Waals surface area (Å²) in [4.78, 5) is 22.6. The molecule has 0 saturated heterocycles. The molecule has 0 fully saturated rings. The van der Waals surface area contributed by atoms with E-state index in [2.05, 4.69) is 22.5 Å². The summed E-state index contributed by atoms with van der Waals surface area (Å²) in [5.74, 6) is -0.237. The maximum Gasteiger partial charge on any atom is 0.242 e. The highest BCUT2D eigenvalue weighted by Crippen LogP contribution is 2.15. The average molecular weight is 261 g/mol. The van der Waals surface area contributed by atoms with E-state index in [0.29, 0.717) is 12.2 Å². The Bertz CT molecular complexity index is 472. The van der Waals surface area contributed by atoms with E-state index in [1.807, 2.05) is 12.1 Å². The highest BCUT2D eigenvalue weighted by atomic mass is 16.2. The summed E-state index contributed by atoms with van der Waals surface area (Å²) in [5.41, 5.74) is 1.46. The molecule has 0 spiro atoms. The van der Waals surface area contributed by atoms with Gasteiger partial charge in [-0.25, -0.2) is 0 Å². The Morgan fingerprint density at radius 2 is 2.05 bits per heavy atom. The number of amides is 2. The molecule has 19 heavy (non-hydrogen) atoms. The fourth-order valence-corrected chi connectivity index (χ4v) is 1.53. The number of anilines is 2. The summed E-state index contributed by atoms with van der Waals surface area (Å²) < 4.78 is 0. The van der Waals surface area contributed by atoms with Gasteiger partial charge in [-0.05, 0) is 25.1 Å². The van der Waals surface area contributed by atoms with Crippen LogP contribution in [-0.2, 0) is 9.59 Å². The Balaban J connectivity index is 2.63. The van der Waals surface area contributed by atoms with Gasteiger partial charge >= 0.3 is 0 Å². The fourth-order valence-electron chi connectivity index (χ4n) is 1.53. The van der Waals surface area contributed by atoms with Crippen LogP contribution in [0.1, 0.15) is 13.8 Å². The van der Waals surface area contributed by atoms with Crippen LogP contribution in [0.5, 0.6) is 0 Å². The molecule has 0 aliphatic carbocycles. The molecule has 3 N–H and O–H groups in total. The number of nitrogens with one attached hydrogen (secondary N) is 3. The summed E-state index contributed by atoms with van der Waals surface area (Å²) in [6.07, 6.45) is 1.63. The van der Waals surface area contributed by atoms with Crippen molar-refractivity contribution in [3.63, 3.8) is 0 Å². The lowest BCUT2D eigenvalue weighted by molar-refractivity contribution is -0.121. The average Bonchev–Trinajstić information content (AvgIpc) is 2.35. The van der Waals surface area contributed by atoms with Crippen LogP contribution in [0.2, 0.25) is 0 Å². The second kappa shape index (κ2) is 7.20. The van der Waals surface area contributed by atoms with Gasteiger partial charge in [-0.2, -0.15) is 0 Å². The minimum atomic E-state index is -0.368. The second-order valence-corrected chi connectivity index (χ2v) is 4.16. The van der Waals surface area contributed by atoms with Gasteiger partial charge in [-0.15, -0.1) is 6.58 Å². The predicted molar refractivity (Wildman–Crippen MR) is 77.0 cm³/mol. The summed E-state index contributed by atoms with van der Waals surface area (Å²) in [5, 5.41) is 8.47. The van der Waals surface area contributed by atoms with Gasteiger partial charge in [0.25, 0.3) is 0 Å². The highest BCUT2D eigenvalue weighted by Gasteiger charge is 2.11. The number of carbonyl (C=O) groups excluding carboxylic acids is 2. The van der Waals surface area contributed by atoms with E-state index in [1.165, 1.54) is 6.92 Å². The molecule has 0 aliphatic rings. The van der Waals surface area contributed by atoms with E-state index in [4.69, 9.17) is 0 Å². The van der Waals surface area contributed by atoms with Crippen molar-refractivity contribution in [2.24, 2.45) is 0 Å². The number of rotatable bonds is 6. The zero-order valence-corrected chi connectivity index (χ0v) is 11.2. The third-order valence-electron chi connectivity index (χ3n) is 2.38. The summed E-state index contributed by atoms with van der Waals surface area (Å²) in [7, 11) is 0. The molecule has 1 rings (SSSR count). The van der Waals surface area contributed by atoms with E-state index in [9.17, 15) is 9.59 Å². The zero-order chi connectivity index (χ0) is 14.3. The van der Waals surface area contributed by atoms with Crippen molar-refractivity contribution in [1.29, 1.82) is 0 Å².